The van der Waals surface area contributed by atoms with Gasteiger partial charge in [0.05, 0.1) is 36.5 Å². The average Bonchev–Trinajstić information content (AvgIpc) is 3.49. The summed E-state index contributed by atoms with van der Waals surface area (Å²) in [4.78, 5) is 33.5. The first-order valence-corrected chi connectivity index (χ1v) is 14.3. The van der Waals surface area contributed by atoms with Gasteiger partial charge in [-0.2, -0.15) is 13.2 Å². The zero-order chi connectivity index (χ0) is 29.9. The van der Waals surface area contributed by atoms with Gasteiger partial charge in [-0.3, -0.25) is 4.79 Å². The molecule has 0 aliphatic carbocycles. The molecule has 2 unspecified atom stereocenters. The van der Waals surface area contributed by atoms with E-state index >= 15 is 0 Å². The van der Waals surface area contributed by atoms with Crippen molar-refractivity contribution in [3.8, 4) is 11.5 Å². The number of halogens is 3. The summed E-state index contributed by atoms with van der Waals surface area (Å²) in [6.45, 7) is 5.99. The van der Waals surface area contributed by atoms with Crippen molar-refractivity contribution >= 4 is 39.4 Å². The van der Waals surface area contributed by atoms with Gasteiger partial charge in [0.1, 0.15) is 0 Å². The summed E-state index contributed by atoms with van der Waals surface area (Å²) in [7, 11) is 1.53. The molecule has 1 N–H and O–H groups in total. The molecule has 0 bridgehead atoms. The number of rotatable bonds is 10. The number of alkyl halides is 3. The predicted molar refractivity (Wildman–Crippen MR) is 152 cm³/mol. The van der Waals surface area contributed by atoms with E-state index in [9.17, 15) is 22.8 Å². The number of fused-ring (bicyclic) bond motifs is 2. The molecule has 2 saturated heterocycles. The van der Waals surface area contributed by atoms with E-state index < -0.39 is 30.2 Å². The van der Waals surface area contributed by atoms with Gasteiger partial charge in [0.25, 0.3) is 5.91 Å². The van der Waals surface area contributed by atoms with Crippen LogP contribution in [0.25, 0.3) is 21.8 Å². The highest BCUT2D eigenvalue weighted by Gasteiger charge is 2.47. The fourth-order valence-corrected chi connectivity index (χ4v) is 5.67. The smallest absolute Gasteiger partial charge is 0.490 e. The van der Waals surface area contributed by atoms with Crippen molar-refractivity contribution in [2.24, 2.45) is 0 Å². The lowest BCUT2D eigenvalue weighted by atomic mass is 9.98. The zero-order valence-electron chi connectivity index (χ0n) is 23.7. The molecule has 2 atom stereocenters. The van der Waals surface area contributed by atoms with Crippen LogP contribution in [0.2, 0.25) is 0 Å². The Hall–Kier alpha value is -3.80. The summed E-state index contributed by atoms with van der Waals surface area (Å²) in [5.74, 6) is -2.07. The maximum Gasteiger partial charge on any atom is 0.490 e. The van der Waals surface area contributed by atoms with Crippen molar-refractivity contribution < 1.29 is 37.0 Å². The number of amides is 1. The number of anilines is 1. The summed E-state index contributed by atoms with van der Waals surface area (Å²) >= 11 is 0. The summed E-state index contributed by atoms with van der Waals surface area (Å²) < 4.78 is 55.9. The quantitative estimate of drug-likeness (QED) is 0.206. The van der Waals surface area contributed by atoms with Crippen molar-refractivity contribution in [2.75, 3.05) is 51.8 Å². The molecule has 2 aliphatic rings. The van der Waals surface area contributed by atoms with Gasteiger partial charge < -0.3 is 29.3 Å². The maximum absolute atomic E-state index is 13.1. The fourth-order valence-electron chi connectivity index (χ4n) is 5.67. The number of carbonyl (C=O) groups is 2. The van der Waals surface area contributed by atoms with E-state index in [0.717, 1.165) is 26.1 Å². The number of piperidine rings is 1. The predicted octanol–water partition coefficient (Wildman–Crippen LogP) is 4.77. The van der Waals surface area contributed by atoms with E-state index in [1.165, 1.54) is 24.9 Å². The third-order valence-electron chi connectivity index (χ3n) is 7.85. The number of nitrogens with zero attached hydrogens (tertiary/aromatic N) is 3. The van der Waals surface area contributed by atoms with Crippen LogP contribution < -0.4 is 14.8 Å². The highest BCUT2D eigenvalue weighted by molar-refractivity contribution is 6.08. The van der Waals surface area contributed by atoms with Crippen LogP contribution in [0.3, 0.4) is 0 Å². The standard InChI is InChI=1S/C30H35F3N4O5/c1-3-37-15-11-22(27(28(37)38)42-29(39)30(31,32)33)35-26-19-9-4-5-10-21(19)34-23-18-25(24(40-2)17-20(23)26)41-16-8-14-36-12-6-7-13-36/h4-5,9-10,17-18,22,27H,3,6-8,11-16H2,1-2H3,(H,34,35). The minimum atomic E-state index is -5.23. The second-order valence-corrected chi connectivity index (χ2v) is 10.6. The zero-order valence-corrected chi connectivity index (χ0v) is 23.7. The largest absolute Gasteiger partial charge is 0.493 e. The molecule has 2 aromatic carbocycles. The number of carbonyl (C=O) groups excluding carboxylic acids is 2. The second kappa shape index (κ2) is 12.6. The Morgan fingerprint density at radius 2 is 1.83 bits per heavy atom. The van der Waals surface area contributed by atoms with E-state index in [0.29, 0.717) is 52.1 Å². The number of ether oxygens (including phenoxy) is 3. The first-order valence-electron chi connectivity index (χ1n) is 14.3. The molecule has 12 heteroatoms. The number of aromatic nitrogens is 1. The first kappa shape index (κ1) is 29.7. The lowest BCUT2D eigenvalue weighted by molar-refractivity contribution is -0.208. The molecule has 3 heterocycles. The van der Waals surface area contributed by atoms with Crippen LogP contribution in [0.15, 0.2) is 36.4 Å². The van der Waals surface area contributed by atoms with Gasteiger partial charge >= 0.3 is 12.1 Å². The lowest BCUT2D eigenvalue weighted by Crippen LogP contribution is -2.56. The van der Waals surface area contributed by atoms with Gasteiger partial charge in [-0.05, 0) is 57.8 Å². The molecule has 1 aromatic heterocycles. The average molecular weight is 589 g/mol. The minimum Gasteiger partial charge on any atom is -0.493 e. The van der Waals surface area contributed by atoms with Crippen molar-refractivity contribution in [1.29, 1.82) is 0 Å². The molecule has 0 spiro atoms. The Labute approximate surface area is 241 Å². The molecule has 42 heavy (non-hydrogen) atoms. The van der Waals surface area contributed by atoms with Crippen LogP contribution in [0.5, 0.6) is 11.5 Å². The number of likely N-dealkylation sites (N-methyl/N-ethyl adjacent to an activating group) is 1. The van der Waals surface area contributed by atoms with E-state index in [1.54, 1.807) is 19.1 Å². The number of esters is 1. The van der Waals surface area contributed by atoms with Crippen molar-refractivity contribution in [3.63, 3.8) is 0 Å². The molecule has 226 valence electrons. The van der Waals surface area contributed by atoms with Gasteiger partial charge in [0.2, 0.25) is 6.10 Å². The molecule has 2 fully saturated rings. The molecule has 2 aliphatic heterocycles. The molecule has 5 rings (SSSR count). The summed E-state index contributed by atoms with van der Waals surface area (Å²) in [5, 5.41) is 4.59. The minimum absolute atomic E-state index is 0.267. The summed E-state index contributed by atoms with van der Waals surface area (Å²) in [5.41, 5.74) is 1.76. The summed E-state index contributed by atoms with van der Waals surface area (Å²) in [6, 6.07) is 9.96. The molecule has 9 nitrogen and oxygen atoms in total. The van der Waals surface area contributed by atoms with Crippen molar-refractivity contribution in [2.45, 2.75) is 50.9 Å². The van der Waals surface area contributed by atoms with E-state index in [2.05, 4.69) is 10.2 Å². The van der Waals surface area contributed by atoms with Crippen LogP contribution >= 0.6 is 0 Å². The van der Waals surface area contributed by atoms with Gasteiger partial charge in [-0.15, -0.1) is 0 Å². The second-order valence-electron chi connectivity index (χ2n) is 10.6. The van der Waals surface area contributed by atoms with Gasteiger partial charge in [0, 0.05) is 36.5 Å². The Morgan fingerprint density at radius 1 is 1.07 bits per heavy atom. The Kier molecular flexibility index (Phi) is 8.91. The molecule has 3 aromatic rings. The number of hydrogen-bond acceptors (Lipinski definition) is 8. The molecular weight excluding hydrogens is 553 g/mol. The number of nitrogens with one attached hydrogen (secondary N) is 1. The fraction of sp³-hybridized carbons (Fsp3) is 0.500. The van der Waals surface area contributed by atoms with E-state index in [-0.39, 0.29) is 13.0 Å². The molecule has 1 amide bonds. The van der Waals surface area contributed by atoms with Crippen LogP contribution in [0.4, 0.5) is 18.9 Å². The monoisotopic (exact) mass is 588 g/mol. The summed E-state index contributed by atoms with van der Waals surface area (Å²) in [6.07, 6.45) is -3.30. The highest BCUT2D eigenvalue weighted by atomic mass is 19.4. The van der Waals surface area contributed by atoms with Crippen LogP contribution in [-0.4, -0.2) is 91.4 Å². The Bertz CT molecular complexity index is 1440. The Morgan fingerprint density at radius 3 is 2.55 bits per heavy atom. The van der Waals surface area contributed by atoms with Crippen LogP contribution in [0.1, 0.15) is 32.6 Å². The van der Waals surface area contributed by atoms with Crippen molar-refractivity contribution in [1.82, 2.24) is 14.8 Å². The SMILES string of the molecule is CCN1CCC(Nc2c3ccccc3nc3cc(OCCCN4CCCC4)c(OC)cc23)C(OC(=O)C(F)(F)F)C1=O. The third kappa shape index (κ3) is 6.33. The molecule has 0 saturated carbocycles. The highest BCUT2D eigenvalue weighted by Crippen LogP contribution is 2.39. The van der Waals surface area contributed by atoms with Gasteiger partial charge in [-0.25, -0.2) is 9.78 Å². The number of hydrogen-bond donors (Lipinski definition) is 1. The molecular formula is C30H35F3N4O5. The van der Waals surface area contributed by atoms with Crippen LogP contribution in [-0.2, 0) is 14.3 Å². The maximum atomic E-state index is 13.1. The van der Waals surface area contributed by atoms with Gasteiger partial charge in [-0.1, -0.05) is 18.2 Å². The number of methoxy groups -OCH3 is 1. The normalized spacial score (nSPS) is 19.8. The van der Waals surface area contributed by atoms with Gasteiger partial charge in [0.15, 0.2) is 11.5 Å². The molecule has 0 radical (unpaired) electrons. The number of pyridine rings is 1. The number of para-hydroxylation sites is 1. The number of benzene rings is 2. The number of likely N-dealkylation sites (tertiary alicyclic amines) is 2. The first-order chi connectivity index (χ1) is 20.2. The topological polar surface area (TPSA) is 93.2 Å². The van der Waals surface area contributed by atoms with E-state index in [4.69, 9.17) is 19.2 Å². The third-order valence-corrected chi connectivity index (χ3v) is 7.85. The lowest BCUT2D eigenvalue weighted by Gasteiger charge is -2.37. The van der Waals surface area contributed by atoms with Crippen molar-refractivity contribution in [3.05, 3.63) is 36.4 Å². The van der Waals surface area contributed by atoms with Crippen LogP contribution in [0, 0.1) is 0 Å². The van der Waals surface area contributed by atoms with E-state index in [1.807, 2.05) is 24.3 Å². The Balaban J connectivity index is 1.48.